The van der Waals surface area contributed by atoms with Gasteiger partial charge in [-0.05, 0) is 60.2 Å². The predicted octanol–water partition coefficient (Wildman–Crippen LogP) is 6.89. The van der Waals surface area contributed by atoms with Gasteiger partial charge in [0.25, 0.3) is 0 Å². The Morgan fingerprint density at radius 2 is 1.56 bits per heavy atom. The molecule has 0 spiro atoms. The van der Waals surface area contributed by atoms with Crippen molar-refractivity contribution < 1.29 is 13.2 Å². The van der Waals surface area contributed by atoms with Crippen LogP contribution in [-0.4, -0.2) is 25.2 Å². The number of carbonyl (C=O) groups is 1. The van der Waals surface area contributed by atoms with Crippen LogP contribution in [-0.2, 0) is 21.4 Å². The number of anilines is 1. The summed E-state index contributed by atoms with van der Waals surface area (Å²) in [6, 6.07) is 15.4. The van der Waals surface area contributed by atoms with Gasteiger partial charge in [0, 0.05) is 26.8 Å². The Balaban J connectivity index is 1.91. The van der Waals surface area contributed by atoms with E-state index in [1.807, 2.05) is 0 Å². The Morgan fingerprint density at radius 1 is 0.875 bits per heavy atom. The van der Waals surface area contributed by atoms with Crippen LogP contribution in [0.4, 0.5) is 5.69 Å². The van der Waals surface area contributed by atoms with Crippen molar-refractivity contribution in [1.29, 1.82) is 0 Å². The highest BCUT2D eigenvalue weighted by molar-refractivity contribution is 9.10. The molecule has 0 bridgehead atoms. The number of benzene rings is 3. The first-order valence-corrected chi connectivity index (χ1v) is 12.8. The molecule has 0 aromatic heterocycles. The third-order valence-corrected chi connectivity index (χ3v) is 8.00. The summed E-state index contributed by atoms with van der Waals surface area (Å²) in [7, 11) is -4.03. The van der Waals surface area contributed by atoms with Gasteiger partial charge >= 0.3 is 0 Å². The summed E-state index contributed by atoms with van der Waals surface area (Å²) in [5.74, 6) is -0.561. The second-order valence-corrected chi connectivity index (χ2v) is 11.2. The minimum Gasteiger partial charge on any atom is -0.325 e. The molecule has 0 aliphatic carbocycles. The molecular weight excluding hydrogens is 582 g/mol. The molecule has 0 unspecified atom stereocenters. The first-order valence-electron chi connectivity index (χ1n) is 9.01. The first-order chi connectivity index (χ1) is 15.1. The maximum absolute atomic E-state index is 13.3. The van der Waals surface area contributed by atoms with Crippen molar-refractivity contribution >= 4 is 84.0 Å². The van der Waals surface area contributed by atoms with Crippen LogP contribution in [0.3, 0.4) is 0 Å². The fraction of sp³-hybridized carbons (Fsp3) is 0.0952. The molecule has 1 amide bonds. The van der Waals surface area contributed by atoms with Crippen molar-refractivity contribution in [2.75, 3.05) is 11.9 Å². The number of halogens is 5. The average Bonchev–Trinajstić information content (AvgIpc) is 2.72. The Labute approximate surface area is 214 Å². The van der Waals surface area contributed by atoms with E-state index in [0.29, 0.717) is 26.3 Å². The van der Waals surface area contributed by atoms with E-state index in [0.717, 1.165) is 8.78 Å². The van der Waals surface area contributed by atoms with Crippen molar-refractivity contribution in [2.24, 2.45) is 0 Å². The molecule has 1 N–H and O–H groups in total. The fourth-order valence-electron chi connectivity index (χ4n) is 2.76. The van der Waals surface area contributed by atoms with E-state index in [1.54, 1.807) is 30.3 Å². The zero-order valence-electron chi connectivity index (χ0n) is 16.2. The van der Waals surface area contributed by atoms with Crippen LogP contribution in [0.15, 0.2) is 70.0 Å². The summed E-state index contributed by atoms with van der Waals surface area (Å²) in [6.07, 6.45) is 0. The maximum Gasteiger partial charge on any atom is 0.243 e. The van der Waals surface area contributed by atoms with E-state index >= 15 is 0 Å². The lowest BCUT2D eigenvalue weighted by Crippen LogP contribution is -2.37. The van der Waals surface area contributed by atoms with Gasteiger partial charge in [-0.25, -0.2) is 8.42 Å². The van der Waals surface area contributed by atoms with Crippen LogP contribution in [0.2, 0.25) is 20.1 Å². The molecule has 0 saturated heterocycles. The molecule has 0 radical (unpaired) electrons. The number of carbonyl (C=O) groups excluding carboxylic acids is 1. The highest BCUT2D eigenvalue weighted by Gasteiger charge is 2.27. The number of hydrogen-bond acceptors (Lipinski definition) is 3. The predicted molar refractivity (Wildman–Crippen MR) is 133 cm³/mol. The van der Waals surface area contributed by atoms with Crippen LogP contribution < -0.4 is 5.32 Å². The van der Waals surface area contributed by atoms with E-state index in [1.165, 1.54) is 30.3 Å². The number of amides is 1. The zero-order chi connectivity index (χ0) is 23.5. The normalized spacial score (nSPS) is 11.6. The second kappa shape index (κ2) is 10.7. The summed E-state index contributed by atoms with van der Waals surface area (Å²) in [5.41, 5.74) is 0.883. The summed E-state index contributed by atoms with van der Waals surface area (Å²) in [4.78, 5) is 12.8. The topological polar surface area (TPSA) is 66.5 Å². The molecule has 5 nitrogen and oxygen atoms in total. The van der Waals surface area contributed by atoms with Gasteiger partial charge in [0.2, 0.25) is 15.9 Å². The van der Waals surface area contributed by atoms with Gasteiger partial charge in [-0.2, -0.15) is 4.31 Å². The highest BCUT2D eigenvalue weighted by atomic mass is 79.9. The highest BCUT2D eigenvalue weighted by Crippen LogP contribution is 2.27. The summed E-state index contributed by atoms with van der Waals surface area (Å²) in [6.45, 7) is -0.596. The molecule has 11 heteroatoms. The van der Waals surface area contributed by atoms with Crippen molar-refractivity contribution in [3.63, 3.8) is 0 Å². The first kappa shape index (κ1) is 25.3. The molecule has 0 fully saturated rings. The van der Waals surface area contributed by atoms with E-state index < -0.39 is 22.5 Å². The van der Waals surface area contributed by atoms with Gasteiger partial charge in [-0.1, -0.05) is 68.4 Å². The van der Waals surface area contributed by atoms with E-state index in [9.17, 15) is 13.2 Å². The van der Waals surface area contributed by atoms with Gasteiger partial charge in [-0.15, -0.1) is 0 Å². The summed E-state index contributed by atoms with van der Waals surface area (Å²) < 4.78 is 28.4. The average molecular weight is 597 g/mol. The Hall–Kier alpha value is -1.32. The third-order valence-electron chi connectivity index (χ3n) is 4.34. The quantitative estimate of drug-likeness (QED) is 0.323. The minimum atomic E-state index is -4.03. The van der Waals surface area contributed by atoms with E-state index in [4.69, 9.17) is 46.4 Å². The molecule has 32 heavy (non-hydrogen) atoms. The van der Waals surface area contributed by atoms with Gasteiger partial charge in [0.1, 0.15) is 0 Å². The van der Waals surface area contributed by atoms with Gasteiger partial charge in [0.05, 0.1) is 21.5 Å². The van der Waals surface area contributed by atoms with Crippen LogP contribution in [0, 0.1) is 0 Å². The molecule has 3 aromatic rings. The number of hydrogen-bond donors (Lipinski definition) is 1. The summed E-state index contributed by atoms with van der Waals surface area (Å²) >= 11 is 27.4. The van der Waals surface area contributed by atoms with E-state index in [2.05, 4.69) is 21.2 Å². The van der Waals surface area contributed by atoms with Crippen LogP contribution >= 0.6 is 62.3 Å². The van der Waals surface area contributed by atoms with E-state index in [-0.39, 0.29) is 16.5 Å². The van der Waals surface area contributed by atoms with Gasteiger partial charge in [-0.3, -0.25) is 4.79 Å². The second-order valence-electron chi connectivity index (χ2n) is 6.64. The van der Waals surface area contributed by atoms with Crippen molar-refractivity contribution in [2.45, 2.75) is 11.4 Å². The molecule has 0 saturated carbocycles. The standard InChI is InChI=1S/C21H15BrCl4N2O3S/c22-14-2-6-17(7-3-14)32(30,31)28(11-13-1-4-15(23)9-19(13)25)12-21(29)27-16-5-8-18(24)20(26)10-16/h1-10H,11-12H2,(H,27,29). The van der Waals surface area contributed by atoms with Gasteiger partial charge in [0.15, 0.2) is 0 Å². The third kappa shape index (κ3) is 6.38. The Kier molecular flexibility index (Phi) is 8.49. The lowest BCUT2D eigenvalue weighted by Gasteiger charge is -2.22. The molecular formula is C21H15BrCl4N2O3S. The van der Waals surface area contributed by atoms with Crippen LogP contribution in [0.25, 0.3) is 0 Å². The lowest BCUT2D eigenvalue weighted by molar-refractivity contribution is -0.116. The number of sulfonamides is 1. The molecule has 0 aliphatic rings. The van der Waals surface area contributed by atoms with Gasteiger partial charge < -0.3 is 5.32 Å². The molecule has 3 rings (SSSR count). The number of nitrogens with zero attached hydrogens (tertiary/aromatic N) is 1. The SMILES string of the molecule is O=C(CN(Cc1ccc(Cl)cc1Cl)S(=O)(=O)c1ccc(Br)cc1)Nc1ccc(Cl)c(Cl)c1. The molecule has 0 heterocycles. The Bertz CT molecular complexity index is 1250. The summed E-state index contributed by atoms with van der Waals surface area (Å²) in [5, 5.41) is 3.93. The van der Waals surface area contributed by atoms with Crippen molar-refractivity contribution in [3.05, 3.63) is 90.8 Å². The van der Waals surface area contributed by atoms with Crippen LogP contribution in [0.5, 0.6) is 0 Å². The molecule has 168 valence electrons. The smallest absolute Gasteiger partial charge is 0.243 e. The Morgan fingerprint density at radius 3 is 2.19 bits per heavy atom. The zero-order valence-corrected chi connectivity index (χ0v) is 21.6. The molecule has 0 aliphatic heterocycles. The lowest BCUT2D eigenvalue weighted by atomic mass is 10.2. The number of rotatable bonds is 7. The molecule has 3 aromatic carbocycles. The van der Waals surface area contributed by atoms with Crippen LogP contribution in [0.1, 0.15) is 5.56 Å². The molecule has 0 atom stereocenters. The number of nitrogens with one attached hydrogen (secondary N) is 1. The largest absolute Gasteiger partial charge is 0.325 e. The monoisotopic (exact) mass is 594 g/mol. The minimum absolute atomic E-state index is 0.0353. The maximum atomic E-state index is 13.3. The fourth-order valence-corrected chi connectivity index (χ4v) is 5.16. The van der Waals surface area contributed by atoms with Crippen molar-refractivity contribution in [1.82, 2.24) is 4.31 Å². The van der Waals surface area contributed by atoms with Crippen molar-refractivity contribution in [3.8, 4) is 0 Å².